The predicted molar refractivity (Wildman–Crippen MR) is 69.4 cm³/mol. The van der Waals surface area contributed by atoms with E-state index >= 15 is 0 Å². The van der Waals surface area contributed by atoms with Gasteiger partial charge in [-0.05, 0) is 25.5 Å². The summed E-state index contributed by atoms with van der Waals surface area (Å²) >= 11 is 0. The highest BCUT2D eigenvalue weighted by atomic mass is 16.5. The van der Waals surface area contributed by atoms with Gasteiger partial charge in [0.2, 0.25) is 0 Å². The van der Waals surface area contributed by atoms with Crippen molar-refractivity contribution in [3.05, 3.63) is 18.2 Å². The molecule has 1 heterocycles. The lowest BCUT2D eigenvalue weighted by atomic mass is 10.1. The zero-order valence-corrected chi connectivity index (χ0v) is 10.2. The Balaban J connectivity index is 2.13. The second-order valence-corrected chi connectivity index (χ2v) is 4.44. The molecule has 1 aliphatic rings. The maximum Gasteiger partial charge on any atom is 0.144 e. The molecular formula is C13H20N2O2. The van der Waals surface area contributed by atoms with Crippen LogP contribution in [0.5, 0.6) is 5.75 Å². The minimum absolute atomic E-state index is 0.268. The molecule has 0 aliphatic carbocycles. The molecule has 94 valence electrons. The van der Waals surface area contributed by atoms with Crippen LogP contribution in [0.25, 0.3) is 0 Å². The average molecular weight is 236 g/mol. The largest absolute Gasteiger partial charge is 0.492 e. The number of nitrogen functional groups attached to an aromatic ring is 1. The van der Waals surface area contributed by atoms with Gasteiger partial charge in [0.05, 0.1) is 12.3 Å². The van der Waals surface area contributed by atoms with Gasteiger partial charge in [-0.1, -0.05) is 0 Å². The highest BCUT2D eigenvalue weighted by molar-refractivity contribution is 5.62. The van der Waals surface area contributed by atoms with E-state index in [-0.39, 0.29) is 6.61 Å². The highest BCUT2D eigenvalue weighted by Gasteiger charge is 2.22. The molecule has 1 aliphatic heterocycles. The molecule has 0 saturated carbocycles. The van der Waals surface area contributed by atoms with Gasteiger partial charge in [0, 0.05) is 37.4 Å². The van der Waals surface area contributed by atoms with E-state index in [2.05, 4.69) is 4.90 Å². The number of aliphatic hydroxyl groups excluding tert-OH is 1. The van der Waals surface area contributed by atoms with Crippen LogP contribution in [0.1, 0.15) is 13.3 Å². The zero-order valence-electron chi connectivity index (χ0n) is 10.2. The van der Waals surface area contributed by atoms with Crippen LogP contribution in [0.4, 0.5) is 11.4 Å². The molecule has 1 unspecified atom stereocenters. The van der Waals surface area contributed by atoms with Crippen LogP contribution in [-0.4, -0.2) is 31.4 Å². The minimum atomic E-state index is 0.268. The molecule has 0 spiro atoms. The van der Waals surface area contributed by atoms with Crippen molar-refractivity contribution in [3.8, 4) is 5.75 Å². The van der Waals surface area contributed by atoms with Crippen molar-refractivity contribution in [2.45, 2.75) is 13.3 Å². The maximum absolute atomic E-state index is 9.14. The summed E-state index contributed by atoms with van der Waals surface area (Å²) < 4.78 is 5.49. The van der Waals surface area contributed by atoms with Gasteiger partial charge in [0.25, 0.3) is 0 Å². The third-order valence-electron chi connectivity index (χ3n) is 3.21. The first kappa shape index (κ1) is 12.0. The van der Waals surface area contributed by atoms with E-state index < -0.39 is 0 Å². The van der Waals surface area contributed by atoms with E-state index in [9.17, 15) is 0 Å². The second kappa shape index (κ2) is 5.27. The van der Waals surface area contributed by atoms with Crippen molar-refractivity contribution in [2.75, 3.05) is 36.9 Å². The molecule has 0 bridgehead atoms. The van der Waals surface area contributed by atoms with Crippen molar-refractivity contribution in [3.63, 3.8) is 0 Å². The summed E-state index contributed by atoms with van der Waals surface area (Å²) in [6.45, 7) is 4.73. The Bertz CT molecular complexity index is 382. The third kappa shape index (κ3) is 2.64. The molecule has 1 aromatic rings. The number of nitrogens with zero attached hydrogens (tertiary/aromatic N) is 1. The number of hydrogen-bond donors (Lipinski definition) is 2. The quantitative estimate of drug-likeness (QED) is 0.778. The molecule has 1 aromatic carbocycles. The van der Waals surface area contributed by atoms with Gasteiger partial charge in [-0.15, -0.1) is 0 Å². The number of aliphatic hydroxyl groups is 1. The lowest BCUT2D eigenvalue weighted by Gasteiger charge is -2.20. The van der Waals surface area contributed by atoms with Crippen LogP contribution in [0.2, 0.25) is 0 Å². The lowest BCUT2D eigenvalue weighted by molar-refractivity contribution is 0.238. The van der Waals surface area contributed by atoms with E-state index in [0.29, 0.717) is 18.2 Å². The van der Waals surface area contributed by atoms with Gasteiger partial charge in [0.1, 0.15) is 5.75 Å². The van der Waals surface area contributed by atoms with E-state index in [1.54, 1.807) is 0 Å². The number of hydrogen-bond acceptors (Lipinski definition) is 4. The maximum atomic E-state index is 9.14. The van der Waals surface area contributed by atoms with Crippen molar-refractivity contribution in [2.24, 2.45) is 5.92 Å². The van der Waals surface area contributed by atoms with E-state index in [4.69, 9.17) is 15.6 Å². The Hall–Kier alpha value is -1.42. The van der Waals surface area contributed by atoms with E-state index in [1.165, 1.54) is 0 Å². The van der Waals surface area contributed by atoms with Crippen LogP contribution >= 0.6 is 0 Å². The summed E-state index contributed by atoms with van der Waals surface area (Å²) in [5.41, 5.74) is 7.64. The fourth-order valence-corrected chi connectivity index (χ4v) is 2.22. The van der Waals surface area contributed by atoms with Crippen molar-refractivity contribution in [1.82, 2.24) is 0 Å². The summed E-state index contributed by atoms with van der Waals surface area (Å²) in [5, 5.41) is 9.14. The Labute approximate surface area is 102 Å². The lowest BCUT2D eigenvalue weighted by Crippen LogP contribution is -2.20. The topological polar surface area (TPSA) is 58.7 Å². The first-order chi connectivity index (χ1) is 8.24. The van der Waals surface area contributed by atoms with Crippen LogP contribution in [0, 0.1) is 5.92 Å². The van der Waals surface area contributed by atoms with Crippen LogP contribution in [-0.2, 0) is 0 Å². The number of anilines is 2. The molecule has 1 fully saturated rings. The molecule has 0 aromatic heterocycles. The van der Waals surface area contributed by atoms with Gasteiger partial charge in [-0.2, -0.15) is 0 Å². The van der Waals surface area contributed by atoms with Gasteiger partial charge in [0.15, 0.2) is 0 Å². The molecule has 17 heavy (non-hydrogen) atoms. The Kier molecular flexibility index (Phi) is 3.74. The van der Waals surface area contributed by atoms with Crippen molar-refractivity contribution >= 4 is 11.4 Å². The SMILES string of the molecule is CCOc1cc(N2CCC(CO)C2)ccc1N. The number of nitrogens with two attached hydrogens (primary N) is 1. The minimum Gasteiger partial charge on any atom is -0.492 e. The fraction of sp³-hybridized carbons (Fsp3) is 0.538. The normalized spacial score (nSPS) is 19.6. The average Bonchev–Trinajstić information content (AvgIpc) is 2.81. The molecule has 4 heteroatoms. The van der Waals surface area contributed by atoms with Crippen molar-refractivity contribution < 1.29 is 9.84 Å². The third-order valence-corrected chi connectivity index (χ3v) is 3.21. The number of benzene rings is 1. The predicted octanol–water partition coefficient (Wildman–Crippen LogP) is 1.49. The summed E-state index contributed by atoms with van der Waals surface area (Å²) in [5.74, 6) is 1.14. The Morgan fingerprint density at radius 3 is 3.00 bits per heavy atom. The molecule has 2 rings (SSSR count). The molecule has 0 amide bonds. The fourth-order valence-electron chi connectivity index (χ4n) is 2.22. The van der Waals surface area contributed by atoms with Crippen molar-refractivity contribution in [1.29, 1.82) is 0 Å². The first-order valence-corrected chi connectivity index (χ1v) is 6.12. The summed E-state index contributed by atoms with van der Waals surface area (Å²) in [6.07, 6.45) is 1.05. The van der Waals surface area contributed by atoms with Gasteiger partial charge in [-0.3, -0.25) is 0 Å². The van der Waals surface area contributed by atoms with Crippen LogP contribution in [0.15, 0.2) is 18.2 Å². The van der Waals surface area contributed by atoms with Gasteiger partial charge >= 0.3 is 0 Å². The molecule has 3 N–H and O–H groups in total. The van der Waals surface area contributed by atoms with Gasteiger partial charge in [-0.25, -0.2) is 0 Å². The molecule has 1 saturated heterocycles. The molecule has 4 nitrogen and oxygen atoms in total. The summed E-state index contributed by atoms with van der Waals surface area (Å²) in [7, 11) is 0. The summed E-state index contributed by atoms with van der Waals surface area (Å²) in [4.78, 5) is 2.27. The first-order valence-electron chi connectivity index (χ1n) is 6.12. The Morgan fingerprint density at radius 2 is 2.35 bits per heavy atom. The smallest absolute Gasteiger partial charge is 0.144 e. The standard InChI is InChI=1S/C13H20N2O2/c1-2-17-13-7-11(3-4-12(13)14)15-6-5-10(8-15)9-16/h3-4,7,10,16H,2,5-6,8-9,14H2,1H3. The van der Waals surface area contributed by atoms with E-state index in [0.717, 1.165) is 30.9 Å². The van der Waals surface area contributed by atoms with E-state index in [1.807, 2.05) is 25.1 Å². The number of rotatable bonds is 4. The summed E-state index contributed by atoms with van der Waals surface area (Å²) in [6, 6.07) is 5.88. The van der Waals surface area contributed by atoms with Crippen LogP contribution in [0.3, 0.4) is 0 Å². The van der Waals surface area contributed by atoms with Gasteiger partial charge < -0.3 is 20.5 Å². The highest BCUT2D eigenvalue weighted by Crippen LogP contribution is 2.30. The number of ether oxygens (including phenoxy) is 1. The second-order valence-electron chi connectivity index (χ2n) is 4.44. The Morgan fingerprint density at radius 1 is 1.53 bits per heavy atom. The molecule has 0 radical (unpaired) electrons. The van der Waals surface area contributed by atoms with Crippen LogP contribution < -0.4 is 15.4 Å². The monoisotopic (exact) mass is 236 g/mol. The zero-order chi connectivity index (χ0) is 12.3. The molecule has 1 atom stereocenters. The molecular weight excluding hydrogens is 216 g/mol.